The van der Waals surface area contributed by atoms with E-state index >= 15 is 0 Å². The Morgan fingerprint density at radius 2 is 2.19 bits per heavy atom. The Balaban J connectivity index is 1.77. The van der Waals surface area contributed by atoms with Crippen molar-refractivity contribution in [2.45, 2.75) is 6.92 Å². The minimum Gasteiger partial charge on any atom is -0.396 e. The maximum absolute atomic E-state index is 9.14. The SMILES string of the molecule is C=NN1C=CC=C/C1=C(/C)N=C1C=C(N)C(=NCCO)N=C1Nc1cnn2ccccc12. The number of amidine groups is 2. The summed E-state index contributed by atoms with van der Waals surface area (Å²) >= 11 is 0. The zero-order chi connectivity index (χ0) is 22.5. The monoisotopic (exact) mass is 429 g/mol. The van der Waals surface area contributed by atoms with Gasteiger partial charge in [-0.1, -0.05) is 12.1 Å². The van der Waals surface area contributed by atoms with Gasteiger partial charge in [0.05, 0.1) is 47.6 Å². The van der Waals surface area contributed by atoms with Crippen LogP contribution in [0.15, 0.2) is 98.3 Å². The van der Waals surface area contributed by atoms with Crippen molar-refractivity contribution in [1.82, 2.24) is 14.6 Å². The number of dihydropyridines is 1. The molecule has 0 spiro atoms. The smallest absolute Gasteiger partial charge is 0.173 e. The quantitative estimate of drug-likeness (QED) is 0.627. The number of nitrogens with zero attached hydrogens (tertiary/aromatic N) is 7. The van der Waals surface area contributed by atoms with Crippen LogP contribution in [0, 0.1) is 0 Å². The second-order valence-electron chi connectivity index (χ2n) is 6.86. The topological polar surface area (TPSA) is 128 Å². The van der Waals surface area contributed by atoms with E-state index in [0.29, 0.717) is 28.8 Å². The number of fused-ring (bicyclic) bond motifs is 1. The normalized spacial score (nSPS) is 20.0. The van der Waals surface area contributed by atoms with Gasteiger partial charge in [-0.3, -0.25) is 4.99 Å². The molecule has 0 saturated carbocycles. The van der Waals surface area contributed by atoms with E-state index in [2.05, 4.69) is 32.2 Å². The number of aliphatic imine (C=N–C) groups is 3. The lowest BCUT2D eigenvalue weighted by Crippen LogP contribution is -2.30. The fourth-order valence-electron chi connectivity index (χ4n) is 3.21. The Morgan fingerprint density at radius 3 is 3.00 bits per heavy atom. The average molecular weight is 429 g/mol. The third-order valence-electron chi connectivity index (χ3n) is 4.70. The number of rotatable bonds is 5. The molecule has 32 heavy (non-hydrogen) atoms. The van der Waals surface area contributed by atoms with Crippen LogP contribution >= 0.6 is 0 Å². The molecule has 162 valence electrons. The van der Waals surface area contributed by atoms with Crippen molar-refractivity contribution in [2.75, 3.05) is 18.5 Å². The number of aromatic nitrogens is 2. The van der Waals surface area contributed by atoms with Gasteiger partial charge in [0.2, 0.25) is 0 Å². The molecule has 2 aromatic rings. The van der Waals surface area contributed by atoms with E-state index in [-0.39, 0.29) is 13.2 Å². The molecule has 10 heteroatoms. The van der Waals surface area contributed by atoms with Crippen LogP contribution in [0.25, 0.3) is 5.52 Å². The summed E-state index contributed by atoms with van der Waals surface area (Å²) in [5.74, 6) is 0.792. The van der Waals surface area contributed by atoms with E-state index in [1.165, 1.54) is 0 Å². The minimum atomic E-state index is -0.0977. The molecule has 0 bridgehead atoms. The highest BCUT2D eigenvalue weighted by Crippen LogP contribution is 2.21. The van der Waals surface area contributed by atoms with Gasteiger partial charge in [-0.05, 0) is 37.3 Å². The maximum Gasteiger partial charge on any atom is 0.173 e. The molecular formula is C22H23N9O. The molecule has 10 nitrogen and oxygen atoms in total. The first kappa shape index (κ1) is 20.9. The molecule has 4 heterocycles. The fourth-order valence-corrected chi connectivity index (χ4v) is 3.21. The van der Waals surface area contributed by atoms with Crippen LogP contribution in [0.1, 0.15) is 6.92 Å². The third kappa shape index (κ3) is 4.25. The number of hydrogen-bond donors (Lipinski definition) is 3. The molecule has 0 radical (unpaired) electrons. The van der Waals surface area contributed by atoms with Crippen LogP contribution in [-0.4, -0.2) is 57.0 Å². The first-order valence-electron chi connectivity index (χ1n) is 9.92. The molecule has 4 N–H and O–H groups in total. The summed E-state index contributed by atoms with van der Waals surface area (Å²) in [6.07, 6.45) is 12.7. The molecule has 0 amide bonds. The summed E-state index contributed by atoms with van der Waals surface area (Å²) in [4.78, 5) is 13.6. The predicted octanol–water partition coefficient (Wildman–Crippen LogP) is 2.07. The maximum atomic E-state index is 9.14. The number of allylic oxidation sites excluding steroid dienone is 4. The van der Waals surface area contributed by atoms with Crippen molar-refractivity contribution in [1.29, 1.82) is 0 Å². The van der Waals surface area contributed by atoms with Crippen LogP contribution in [0.4, 0.5) is 5.69 Å². The molecule has 0 atom stereocenters. The van der Waals surface area contributed by atoms with Crippen molar-refractivity contribution in [3.05, 3.63) is 78.2 Å². The summed E-state index contributed by atoms with van der Waals surface area (Å²) < 4.78 is 1.76. The van der Waals surface area contributed by atoms with E-state index in [9.17, 15) is 0 Å². The molecule has 0 unspecified atom stereocenters. The highest BCUT2D eigenvalue weighted by molar-refractivity contribution is 6.53. The van der Waals surface area contributed by atoms with Gasteiger partial charge >= 0.3 is 0 Å². The standard InChI is InChI=1S/C22H23N9O/c1-15(19-7-3-5-10-30(19)24-2)27-17-13-16(23)21(25-9-12-32)29-22(17)28-18-14-26-31-11-6-4-8-20(18)31/h3-8,10-11,13-14,32H,2,9,12,23H2,1H3,(H,25,28,29)/b19-15+,27-17?. The lowest BCUT2D eigenvalue weighted by atomic mass is 10.2. The van der Waals surface area contributed by atoms with Crippen molar-refractivity contribution in [3.63, 3.8) is 0 Å². The van der Waals surface area contributed by atoms with Gasteiger partial charge in [0.1, 0.15) is 5.71 Å². The Kier molecular flexibility index (Phi) is 6.04. The molecular weight excluding hydrogens is 406 g/mol. The number of aliphatic hydroxyl groups is 1. The third-order valence-corrected chi connectivity index (χ3v) is 4.70. The predicted molar refractivity (Wildman–Crippen MR) is 128 cm³/mol. The lowest BCUT2D eigenvalue weighted by Gasteiger charge is -2.20. The number of pyridine rings is 1. The van der Waals surface area contributed by atoms with Gasteiger partial charge < -0.3 is 16.2 Å². The molecule has 0 aliphatic carbocycles. The fraction of sp³-hybridized carbons (Fsp3) is 0.136. The second kappa shape index (κ2) is 9.23. The first-order valence-corrected chi connectivity index (χ1v) is 9.92. The van der Waals surface area contributed by atoms with Crippen LogP contribution in [0.5, 0.6) is 0 Å². The lowest BCUT2D eigenvalue weighted by molar-refractivity contribution is 0.307. The molecule has 0 aromatic carbocycles. The van der Waals surface area contributed by atoms with Gasteiger partial charge in [0.25, 0.3) is 0 Å². The molecule has 2 aliphatic heterocycles. The number of hydrazone groups is 1. The van der Waals surface area contributed by atoms with Crippen LogP contribution in [0.2, 0.25) is 0 Å². The summed E-state index contributed by atoms with van der Waals surface area (Å²) in [6, 6.07) is 5.78. The van der Waals surface area contributed by atoms with Crippen LogP contribution in [-0.2, 0) is 0 Å². The highest BCUT2D eigenvalue weighted by atomic mass is 16.3. The van der Waals surface area contributed by atoms with Crippen molar-refractivity contribution in [2.24, 2.45) is 25.8 Å². The number of nitrogens with one attached hydrogen (secondary N) is 1. The summed E-state index contributed by atoms with van der Waals surface area (Å²) in [5, 5.41) is 22.4. The first-order chi connectivity index (χ1) is 15.6. The Bertz CT molecular complexity index is 1260. The average Bonchev–Trinajstić information content (AvgIpc) is 3.22. The minimum absolute atomic E-state index is 0.0977. The molecule has 0 saturated heterocycles. The number of aliphatic hydroxyl groups excluding tert-OH is 1. The zero-order valence-corrected chi connectivity index (χ0v) is 17.5. The van der Waals surface area contributed by atoms with Gasteiger partial charge in [0.15, 0.2) is 11.7 Å². The van der Waals surface area contributed by atoms with Crippen LogP contribution in [0.3, 0.4) is 0 Å². The van der Waals surface area contributed by atoms with Crippen molar-refractivity contribution in [3.8, 4) is 0 Å². The van der Waals surface area contributed by atoms with Gasteiger partial charge in [-0.15, -0.1) is 0 Å². The van der Waals surface area contributed by atoms with E-state index in [0.717, 1.165) is 16.9 Å². The Hall–Kier alpha value is -4.31. The summed E-state index contributed by atoms with van der Waals surface area (Å²) in [7, 11) is 0. The number of nitrogens with two attached hydrogens (primary N) is 1. The van der Waals surface area contributed by atoms with Gasteiger partial charge in [-0.25, -0.2) is 19.5 Å². The van der Waals surface area contributed by atoms with E-state index < -0.39 is 0 Å². The summed E-state index contributed by atoms with van der Waals surface area (Å²) in [6.45, 7) is 5.57. The molecule has 2 aliphatic rings. The zero-order valence-electron chi connectivity index (χ0n) is 17.5. The highest BCUT2D eigenvalue weighted by Gasteiger charge is 2.20. The summed E-state index contributed by atoms with van der Waals surface area (Å²) in [5.41, 5.74) is 10.2. The second-order valence-corrected chi connectivity index (χ2v) is 6.86. The van der Waals surface area contributed by atoms with Crippen molar-refractivity contribution < 1.29 is 5.11 Å². The van der Waals surface area contributed by atoms with E-state index in [1.807, 2.05) is 49.5 Å². The Labute approximate surface area is 184 Å². The van der Waals surface area contributed by atoms with Crippen LogP contribution < -0.4 is 11.1 Å². The Morgan fingerprint density at radius 1 is 1.31 bits per heavy atom. The molecule has 0 fully saturated rings. The number of hydrogen-bond acceptors (Lipinski definition) is 8. The van der Waals surface area contributed by atoms with Crippen molar-refractivity contribution >= 4 is 35.3 Å². The van der Waals surface area contributed by atoms with E-state index in [4.69, 9.17) is 15.8 Å². The largest absolute Gasteiger partial charge is 0.396 e. The van der Waals surface area contributed by atoms with E-state index in [1.54, 1.807) is 28.0 Å². The van der Waals surface area contributed by atoms with Gasteiger partial charge in [-0.2, -0.15) is 10.2 Å². The molecule has 4 rings (SSSR count). The van der Waals surface area contributed by atoms with Gasteiger partial charge in [0, 0.05) is 19.1 Å². The molecule has 2 aromatic heterocycles. The number of anilines is 1.